The minimum absolute atomic E-state index is 0.00153. The van der Waals surface area contributed by atoms with Crippen LogP contribution in [0.2, 0.25) is 0 Å². The zero-order valence-corrected chi connectivity index (χ0v) is 11.6. The lowest BCUT2D eigenvalue weighted by Gasteiger charge is -1.99. The van der Waals surface area contributed by atoms with Gasteiger partial charge in [-0.05, 0) is 35.4 Å². The maximum absolute atomic E-state index is 12.3. The molecule has 0 unspecified atom stereocenters. The molecule has 0 atom stereocenters. The van der Waals surface area contributed by atoms with Crippen LogP contribution in [-0.4, -0.2) is 10.9 Å². The van der Waals surface area contributed by atoms with E-state index in [0.717, 1.165) is 21.2 Å². The maximum atomic E-state index is 12.3. The van der Waals surface area contributed by atoms with Crippen molar-refractivity contribution < 1.29 is 9.90 Å². The van der Waals surface area contributed by atoms with Gasteiger partial charge in [0.1, 0.15) is 5.75 Å². The Morgan fingerprint density at radius 1 is 1.16 bits per heavy atom. The Hall–Kier alpha value is -1.87. The van der Waals surface area contributed by atoms with Gasteiger partial charge in [0, 0.05) is 22.0 Å². The lowest BCUT2D eigenvalue weighted by molar-refractivity contribution is 0.104. The Morgan fingerprint density at radius 2 is 1.95 bits per heavy atom. The average Bonchev–Trinajstić information content (AvgIpc) is 2.70. The lowest BCUT2D eigenvalue weighted by Crippen LogP contribution is -1.95. The Balaban J connectivity index is 2.03. The summed E-state index contributed by atoms with van der Waals surface area (Å²) in [5.41, 5.74) is 3.33. The fraction of sp³-hybridized carbons (Fsp3) is 0.0625. The summed E-state index contributed by atoms with van der Waals surface area (Å²) >= 11 is 3.47. The van der Waals surface area contributed by atoms with E-state index in [-0.39, 0.29) is 11.5 Å². The largest absolute Gasteiger partial charge is 0.508 e. The number of allylic oxidation sites excluding steroid dienone is 1. The minimum atomic E-state index is 0.00153. The highest BCUT2D eigenvalue weighted by Gasteiger charge is 2.25. The zero-order valence-electron chi connectivity index (χ0n) is 10.1. The number of fused-ring (bicyclic) bond motifs is 1. The van der Waals surface area contributed by atoms with E-state index in [1.807, 2.05) is 36.4 Å². The molecule has 0 fully saturated rings. The van der Waals surface area contributed by atoms with Crippen molar-refractivity contribution in [1.29, 1.82) is 0 Å². The fourth-order valence-electron chi connectivity index (χ4n) is 2.28. The van der Waals surface area contributed by atoms with Crippen LogP contribution in [0.15, 0.2) is 52.5 Å². The average molecular weight is 315 g/mol. The monoisotopic (exact) mass is 314 g/mol. The highest BCUT2D eigenvalue weighted by atomic mass is 79.9. The van der Waals surface area contributed by atoms with Crippen molar-refractivity contribution in [2.45, 2.75) is 6.42 Å². The molecule has 19 heavy (non-hydrogen) atoms. The van der Waals surface area contributed by atoms with Crippen molar-refractivity contribution in [2.75, 3.05) is 0 Å². The van der Waals surface area contributed by atoms with Crippen LogP contribution in [0.25, 0.3) is 6.08 Å². The van der Waals surface area contributed by atoms with Crippen molar-refractivity contribution >= 4 is 27.8 Å². The second kappa shape index (κ2) is 4.67. The number of aromatic hydroxyl groups is 1. The van der Waals surface area contributed by atoms with Crippen molar-refractivity contribution in [3.8, 4) is 5.75 Å². The molecule has 0 radical (unpaired) electrons. The fourth-order valence-corrected chi connectivity index (χ4v) is 2.68. The van der Waals surface area contributed by atoms with Gasteiger partial charge in [0.05, 0.1) is 0 Å². The van der Waals surface area contributed by atoms with Crippen LogP contribution in [0, 0.1) is 0 Å². The van der Waals surface area contributed by atoms with E-state index in [1.165, 1.54) is 0 Å². The standard InChI is InChI=1S/C16H11BrO2/c17-15-4-2-1-3-11(15)8-12-7-10-5-6-13(18)9-14(10)16(12)19/h1-6,8-9,18H,7H2/b12-8+. The number of halogens is 1. The molecule has 0 heterocycles. The van der Waals surface area contributed by atoms with E-state index in [4.69, 9.17) is 0 Å². The quantitative estimate of drug-likeness (QED) is 0.808. The highest BCUT2D eigenvalue weighted by molar-refractivity contribution is 9.10. The predicted octanol–water partition coefficient (Wildman–Crippen LogP) is 3.98. The van der Waals surface area contributed by atoms with E-state index < -0.39 is 0 Å². The molecule has 3 heteroatoms. The van der Waals surface area contributed by atoms with Gasteiger partial charge in [0.15, 0.2) is 5.78 Å². The zero-order chi connectivity index (χ0) is 13.4. The van der Waals surface area contributed by atoms with Crippen LogP contribution < -0.4 is 0 Å². The highest BCUT2D eigenvalue weighted by Crippen LogP contribution is 2.31. The van der Waals surface area contributed by atoms with Crippen LogP contribution in [0.3, 0.4) is 0 Å². The van der Waals surface area contributed by atoms with Gasteiger partial charge in [-0.2, -0.15) is 0 Å². The molecule has 3 rings (SSSR count). The van der Waals surface area contributed by atoms with Crippen LogP contribution in [0.1, 0.15) is 21.5 Å². The van der Waals surface area contributed by atoms with Crippen LogP contribution >= 0.6 is 15.9 Å². The van der Waals surface area contributed by atoms with Gasteiger partial charge in [0.2, 0.25) is 0 Å². The number of phenolic OH excluding ortho intramolecular Hbond substituents is 1. The van der Waals surface area contributed by atoms with Crippen LogP contribution in [0.5, 0.6) is 5.75 Å². The predicted molar refractivity (Wildman–Crippen MR) is 78.3 cm³/mol. The minimum Gasteiger partial charge on any atom is -0.508 e. The molecule has 1 aliphatic carbocycles. The summed E-state index contributed by atoms with van der Waals surface area (Å²) in [5, 5.41) is 9.46. The Bertz CT molecular complexity index is 702. The SMILES string of the molecule is O=C1/C(=C/c2ccccc2Br)Cc2ccc(O)cc21. The third-order valence-corrected chi connectivity index (χ3v) is 3.97. The number of carbonyl (C=O) groups excluding carboxylic acids is 1. The molecule has 0 saturated heterocycles. The first kappa shape index (κ1) is 12.2. The molecular formula is C16H11BrO2. The molecule has 0 bridgehead atoms. The van der Waals surface area contributed by atoms with Gasteiger partial charge >= 0.3 is 0 Å². The van der Waals surface area contributed by atoms with Gasteiger partial charge < -0.3 is 5.11 Å². The molecule has 0 amide bonds. The molecule has 1 aliphatic rings. The molecule has 2 aromatic rings. The third-order valence-electron chi connectivity index (χ3n) is 3.25. The Morgan fingerprint density at radius 3 is 2.74 bits per heavy atom. The summed E-state index contributed by atoms with van der Waals surface area (Å²) in [4.78, 5) is 12.3. The number of benzene rings is 2. The summed E-state index contributed by atoms with van der Waals surface area (Å²) in [7, 11) is 0. The van der Waals surface area contributed by atoms with Gasteiger partial charge in [-0.15, -0.1) is 0 Å². The summed E-state index contributed by atoms with van der Waals surface area (Å²) in [5.74, 6) is 0.135. The lowest BCUT2D eigenvalue weighted by atomic mass is 10.1. The van der Waals surface area contributed by atoms with E-state index in [1.54, 1.807) is 12.1 Å². The smallest absolute Gasteiger partial charge is 0.189 e. The number of ketones is 1. The van der Waals surface area contributed by atoms with Crippen molar-refractivity contribution in [2.24, 2.45) is 0 Å². The van der Waals surface area contributed by atoms with Crippen molar-refractivity contribution in [3.05, 3.63) is 69.2 Å². The first-order valence-corrected chi connectivity index (χ1v) is 6.76. The molecule has 94 valence electrons. The molecule has 0 aliphatic heterocycles. The number of hydrogen-bond donors (Lipinski definition) is 1. The number of carbonyl (C=O) groups is 1. The van der Waals surface area contributed by atoms with E-state index in [0.29, 0.717) is 12.0 Å². The second-order valence-electron chi connectivity index (χ2n) is 4.54. The number of hydrogen-bond acceptors (Lipinski definition) is 2. The third kappa shape index (κ3) is 2.22. The van der Waals surface area contributed by atoms with Gasteiger partial charge in [0.25, 0.3) is 0 Å². The number of Topliss-reactive ketones (excluding diaryl/α,β-unsaturated/α-hetero) is 1. The Labute approximate surface area is 119 Å². The van der Waals surface area contributed by atoms with Gasteiger partial charge in [-0.1, -0.05) is 40.2 Å². The van der Waals surface area contributed by atoms with E-state index in [2.05, 4.69) is 15.9 Å². The summed E-state index contributed by atoms with van der Waals surface area (Å²) in [6.45, 7) is 0. The van der Waals surface area contributed by atoms with Crippen LogP contribution in [0.4, 0.5) is 0 Å². The number of rotatable bonds is 1. The molecule has 1 N–H and O–H groups in total. The molecule has 2 aromatic carbocycles. The molecular weight excluding hydrogens is 304 g/mol. The number of phenols is 1. The normalized spacial score (nSPS) is 15.8. The Kier molecular flexibility index (Phi) is 2.99. The van der Waals surface area contributed by atoms with E-state index in [9.17, 15) is 9.90 Å². The summed E-state index contributed by atoms with van der Waals surface area (Å²) < 4.78 is 0.967. The van der Waals surface area contributed by atoms with Gasteiger partial charge in [-0.3, -0.25) is 4.79 Å². The molecule has 0 aromatic heterocycles. The van der Waals surface area contributed by atoms with Crippen molar-refractivity contribution in [1.82, 2.24) is 0 Å². The second-order valence-corrected chi connectivity index (χ2v) is 5.39. The summed E-state index contributed by atoms with van der Waals surface area (Å²) in [6.07, 6.45) is 2.53. The summed E-state index contributed by atoms with van der Waals surface area (Å²) in [6, 6.07) is 12.8. The topological polar surface area (TPSA) is 37.3 Å². The first-order chi connectivity index (χ1) is 9.15. The van der Waals surface area contributed by atoms with Crippen LogP contribution in [-0.2, 0) is 6.42 Å². The first-order valence-electron chi connectivity index (χ1n) is 5.97. The van der Waals surface area contributed by atoms with E-state index >= 15 is 0 Å². The molecule has 0 saturated carbocycles. The van der Waals surface area contributed by atoms with Crippen molar-refractivity contribution in [3.63, 3.8) is 0 Å². The van der Waals surface area contributed by atoms with Gasteiger partial charge in [-0.25, -0.2) is 0 Å². The molecule has 2 nitrogen and oxygen atoms in total. The maximum Gasteiger partial charge on any atom is 0.189 e. The molecule has 0 spiro atoms.